The van der Waals surface area contributed by atoms with E-state index in [2.05, 4.69) is 20.6 Å². The highest BCUT2D eigenvalue weighted by Gasteiger charge is 2.31. The van der Waals surface area contributed by atoms with Gasteiger partial charge in [-0.2, -0.15) is 5.21 Å². The van der Waals surface area contributed by atoms with Crippen LogP contribution in [0.25, 0.3) is 11.4 Å². The molecule has 0 amide bonds. The molecule has 0 aliphatic carbocycles. The fourth-order valence-electron chi connectivity index (χ4n) is 1.78. The summed E-state index contributed by atoms with van der Waals surface area (Å²) < 4.78 is 14.2. The lowest BCUT2D eigenvalue weighted by Crippen LogP contribution is -2.20. The summed E-state index contributed by atoms with van der Waals surface area (Å²) in [5.41, 5.74) is 0.421. The van der Waals surface area contributed by atoms with Gasteiger partial charge in [-0.1, -0.05) is 31.0 Å². The second-order valence-electron chi connectivity index (χ2n) is 3.93. The third kappa shape index (κ3) is 2.49. The van der Waals surface area contributed by atoms with E-state index in [1.54, 1.807) is 6.92 Å². The van der Waals surface area contributed by atoms with Crippen molar-refractivity contribution in [2.75, 3.05) is 0 Å². The molecule has 2 N–H and O–H groups in total. The van der Waals surface area contributed by atoms with Gasteiger partial charge in [0.05, 0.1) is 0 Å². The molecule has 0 bridgehead atoms. The molecule has 0 saturated carbocycles. The molecule has 1 unspecified atom stereocenters. The molecule has 5 nitrogen and oxygen atoms in total. The average molecular weight is 271 g/mol. The third-order valence-corrected chi connectivity index (χ3v) is 2.80. The number of aromatic amines is 1. The number of hydrogen-bond acceptors (Lipinski definition) is 4. The van der Waals surface area contributed by atoms with Gasteiger partial charge in [0, 0.05) is 22.6 Å². The largest absolute Gasteiger partial charge is 0.358 e. The van der Waals surface area contributed by atoms with Crippen LogP contribution >= 0.6 is 11.6 Å². The number of aromatic nitrogens is 4. The lowest BCUT2D eigenvalue weighted by Gasteiger charge is -2.21. The Labute approximate surface area is 108 Å². The van der Waals surface area contributed by atoms with Crippen LogP contribution in [-0.2, 0) is 5.85 Å². The van der Waals surface area contributed by atoms with Gasteiger partial charge >= 0.3 is 0 Å². The molecule has 18 heavy (non-hydrogen) atoms. The maximum atomic E-state index is 14.2. The van der Waals surface area contributed by atoms with E-state index < -0.39 is 5.85 Å². The van der Waals surface area contributed by atoms with Crippen LogP contribution in [0.4, 0.5) is 4.39 Å². The van der Waals surface area contributed by atoms with Gasteiger partial charge in [0.2, 0.25) is 11.7 Å². The van der Waals surface area contributed by atoms with E-state index in [0.717, 1.165) is 0 Å². The number of aliphatic hydroxyl groups is 1. The van der Waals surface area contributed by atoms with Crippen molar-refractivity contribution >= 4 is 11.6 Å². The molecule has 96 valence electrons. The van der Waals surface area contributed by atoms with Crippen LogP contribution in [0, 0.1) is 0 Å². The van der Waals surface area contributed by atoms with Crippen molar-refractivity contribution in [3.05, 3.63) is 28.8 Å². The number of nitrogens with zero attached hydrogens (tertiary/aromatic N) is 3. The van der Waals surface area contributed by atoms with Crippen LogP contribution in [0.2, 0.25) is 5.02 Å². The van der Waals surface area contributed by atoms with Crippen molar-refractivity contribution in [1.29, 1.82) is 0 Å². The lowest BCUT2D eigenvalue weighted by molar-refractivity contribution is -0.102. The molecule has 0 saturated heterocycles. The van der Waals surface area contributed by atoms with Crippen LogP contribution in [0.3, 0.4) is 0 Å². The Morgan fingerprint density at radius 2 is 2.28 bits per heavy atom. The van der Waals surface area contributed by atoms with Crippen molar-refractivity contribution in [2.24, 2.45) is 0 Å². The van der Waals surface area contributed by atoms with Gasteiger partial charge < -0.3 is 5.11 Å². The minimum Gasteiger partial charge on any atom is -0.358 e. The zero-order valence-corrected chi connectivity index (χ0v) is 10.4. The fourth-order valence-corrected chi connectivity index (χ4v) is 1.95. The number of halogens is 2. The van der Waals surface area contributed by atoms with Crippen LogP contribution in [0.5, 0.6) is 0 Å². The Hall–Kier alpha value is -1.53. The van der Waals surface area contributed by atoms with E-state index in [1.165, 1.54) is 18.2 Å². The zero-order valence-electron chi connectivity index (χ0n) is 9.69. The first-order chi connectivity index (χ1) is 8.54. The van der Waals surface area contributed by atoms with E-state index >= 15 is 0 Å². The number of rotatable bonds is 4. The van der Waals surface area contributed by atoms with E-state index in [-0.39, 0.29) is 17.8 Å². The van der Waals surface area contributed by atoms with Gasteiger partial charge in [0.25, 0.3) is 0 Å². The van der Waals surface area contributed by atoms with Crippen molar-refractivity contribution in [3.8, 4) is 11.4 Å². The minimum atomic E-state index is -2.44. The van der Waals surface area contributed by atoms with Gasteiger partial charge in [0.15, 0.2) is 0 Å². The van der Waals surface area contributed by atoms with Gasteiger partial charge in [-0.05, 0) is 17.3 Å². The summed E-state index contributed by atoms with van der Waals surface area (Å²) in [6.07, 6.45) is 0.487. The standard InChI is InChI=1S/C11H12ClFN4O/c1-2-5-11(13,18)9-4-3-7(12)6-8(9)10-14-16-17-15-10/h3-4,6,18H,2,5H2,1H3,(H,14,15,16,17). The lowest BCUT2D eigenvalue weighted by atomic mass is 9.97. The monoisotopic (exact) mass is 270 g/mol. The molecule has 0 aliphatic heterocycles. The smallest absolute Gasteiger partial charge is 0.233 e. The highest BCUT2D eigenvalue weighted by atomic mass is 35.5. The van der Waals surface area contributed by atoms with E-state index in [0.29, 0.717) is 17.0 Å². The van der Waals surface area contributed by atoms with Crippen LogP contribution in [0.1, 0.15) is 25.3 Å². The number of H-pyrrole nitrogens is 1. The summed E-state index contributed by atoms with van der Waals surface area (Å²) in [6.45, 7) is 1.79. The molecule has 0 aliphatic rings. The quantitative estimate of drug-likeness (QED) is 0.895. The Bertz CT molecular complexity index is 530. The normalized spacial score (nSPS) is 14.4. The first-order valence-corrected chi connectivity index (χ1v) is 5.87. The maximum Gasteiger partial charge on any atom is 0.233 e. The van der Waals surface area contributed by atoms with E-state index in [9.17, 15) is 9.50 Å². The number of tetrazole rings is 1. The Kier molecular flexibility index (Phi) is 3.58. The molecule has 2 rings (SSSR count). The van der Waals surface area contributed by atoms with Gasteiger partial charge in [-0.15, -0.1) is 10.2 Å². The maximum absolute atomic E-state index is 14.2. The molecule has 1 heterocycles. The number of alkyl halides is 1. The Balaban J connectivity index is 2.54. The third-order valence-electron chi connectivity index (χ3n) is 2.56. The molecule has 1 aromatic carbocycles. The van der Waals surface area contributed by atoms with Crippen molar-refractivity contribution < 1.29 is 9.50 Å². The Morgan fingerprint density at radius 3 is 2.89 bits per heavy atom. The molecule has 7 heteroatoms. The van der Waals surface area contributed by atoms with Crippen molar-refractivity contribution in [1.82, 2.24) is 20.6 Å². The predicted molar refractivity (Wildman–Crippen MR) is 64.5 cm³/mol. The average Bonchev–Trinajstić information content (AvgIpc) is 2.81. The molecular formula is C11H12ClFN4O. The Morgan fingerprint density at radius 1 is 1.50 bits per heavy atom. The first-order valence-electron chi connectivity index (χ1n) is 5.49. The van der Waals surface area contributed by atoms with Crippen molar-refractivity contribution in [3.63, 3.8) is 0 Å². The van der Waals surface area contributed by atoms with Crippen LogP contribution in [0.15, 0.2) is 18.2 Å². The summed E-state index contributed by atoms with van der Waals surface area (Å²) in [5, 5.41) is 23.5. The topological polar surface area (TPSA) is 74.7 Å². The summed E-state index contributed by atoms with van der Waals surface area (Å²) >= 11 is 5.87. The summed E-state index contributed by atoms with van der Waals surface area (Å²) in [6, 6.07) is 4.45. The van der Waals surface area contributed by atoms with Crippen LogP contribution < -0.4 is 0 Å². The van der Waals surface area contributed by atoms with Gasteiger partial charge in [-0.3, -0.25) is 0 Å². The first kappa shape index (κ1) is 12.9. The highest BCUT2D eigenvalue weighted by molar-refractivity contribution is 6.30. The van der Waals surface area contributed by atoms with Crippen LogP contribution in [-0.4, -0.2) is 25.7 Å². The molecule has 0 spiro atoms. The predicted octanol–water partition coefficient (Wildman–Crippen LogP) is 2.43. The van der Waals surface area contributed by atoms with Crippen molar-refractivity contribution in [2.45, 2.75) is 25.6 Å². The second kappa shape index (κ2) is 4.99. The molecule has 1 atom stereocenters. The number of benzene rings is 1. The molecule has 0 radical (unpaired) electrons. The van der Waals surface area contributed by atoms with E-state index in [1.807, 2.05) is 0 Å². The zero-order chi connectivity index (χ0) is 13.2. The summed E-state index contributed by atoms with van der Waals surface area (Å²) in [5.74, 6) is -2.24. The number of hydrogen-bond donors (Lipinski definition) is 2. The highest BCUT2D eigenvalue weighted by Crippen LogP contribution is 2.35. The van der Waals surface area contributed by atoms with Gasteiger partial charge in [-0.25, -0.2) is 4.39 Å². The number of nitrogens with one attached hydrogen (secondary N) is 1. The second-order valence-corrected chi connectivity index (χ2v) is 4.37. The minimum absolute atomic E-state index is 0.0144. The summed E-state index contributed by atoms with van der Waals surface area (Å²) in [7, 11) is 0. The SMILES string of the molecule is CCCC(O)(F)c1ccc(Cl)cc1-c1nn[nH]n1. The van der Waals surface area contributed by atoms with Gasteiger partial charge in [0.1, 0.15) is 0 Å². The molecule has 1 aromatic heterocycles. The molecule has 2 aromatic rings. The molecule has 0 fully saturated rings. The molecular weight excluding hydrogens is 259 g/mol. The fraction of sp³-hybridized carbons (Fsp3) is 0.364. The van der Waals surface area contributed by atoms with E-state index in [4.69, 9.17) is 11.6 Å². The summed E-state index contributed by atoms with van der Waals surface area (Å²) in [4.78, 5) is 0.